The molecule has 2 N–H and O–H groups in total. The van der Waals surface area contributed by atoms with Crippen molar-refractivity contribution < 1.29 is 17.9 Å². The molecule has 0 aliphatic rings. The van der Waals surface area contributed by atoms with Crippen molar-refractivity contribution in [2.24, 2.45) is 0 Å². The molecule has 2 atom stereocenters. The highest BCUT2D eigenvalue weighted by molar-refractivity contribution is 7.89. The molecule has 32 heavy (non-hydrogen) atoms. The van der Waals surface area contributed by atoms with Crippen molar-refractivity contribution in [2.75, 3.05) is 6.61 Å². The quantitative estimate of drug-likeness (QED) is 0.475. The largest absolute Gasteiger partial charge is 0.484 e. The van der Waals surface area contributed by atoms with Crippen LogP contribution in [0.15, 0.2) is 83.8 Å². The van der Waals surface area contributed by atoms with E-state index in [1.54, 1.807) is 19.1 Å². The van der Waals surface area contributed by atoms with E-state index in [-0.39, 0.29) is 29.5 Å². The molecule has 8 heteroatoms. The van der Waals surface area contributed by atoms with Gasteiger partial charge in [-0.3, -0.25) is 4.79 Å². The van der Waals surface area contributed by atoms with Gasteiger partial charge in [0.15, 0.2) is 6.61 Å². The third-order valence-electron chi connectivity index (χ3n) is 4.88. The minimum Gasteiger partial charge on any atom is -0.484 e. The first-order valence-electron chi connectivity index (χ1n) is 10.1. The van der Waals surface area contributed by atoms with Crippen LogP contribution in [0.1, 0.15) is 37.1 Å². The maximum atomic E-state index is 12.6. The second-order valence-corrected chi connectivity index (χ2v) is 9.50. The highest BCUT2D eigenvalue weighted by Gasteiger charge is 2.18. The first kappa shape index (κ1) is 23.8. The van der Waals surface area contributed by atoms with Crippen LogP contribution in [0.5, 0.6) is 5.75 Å². The molecule has 3 aromatic rings. The Morgan fingerprint density at radius 1 is 0.875 bits per heavy atom. The van der Waals surface area contributed by atoms with Gasteiger partial charge in [-0.1, -0.05) is 54.1 Å². The Morgan fingerprint density at radius 2 is 1.47 bits per heavy atom. The van der Waals surface area contributed by atoms with Gasteiger partial charge in [-0.05, 0) is 61.4 Å². The summed E-state index contributed by atoms with van der Waals surface area (Å²) in [7, 11) is -3.70. The molecule has 168 valence electrons. The average molecular weight is 473 g/mol. The molecular formula is C24H25ClN2O4S. The fourth-order valence-corrected chi connectivity index (χ4v) is 4.45. The Kier molecular flexibility index (Phi) is 7.90. The fourth-order valence-electron chi connectivity index (χ4n) is 3.09. The molecule has 1 amide bonds. The van der Waals surface area contributed by atoms with Gasteiger partial charge in [0.05, 0.1) is 10.9 Å². The minimum absolute atomic E-state index is 0.119. The van der Waals surface area contributed by atoms with Crippen molar-refractivity contribution in [3.63, 3.8) is 0 Å². The van der Waals surface area contributed by atoms with Gasteiger partial charge in [-0.25, -0.2) is 13.1 Å². The molecule has 6 nitrogen and oxygen atoms in total. The van der Waals surface area contributed by atoms with E-state index in [2.05, 4.69) is 10.0 Å². The zero-order chi connectivity index (χ0) is 23.1. The highest BCUT2D eigenvalue weighted by Crippen LogP contribution is 2.20. The highest BCUT2D eigenvalue weighted by atomic mass is 35.5. The fraction of sp³-hybridized carbons (Fsp3) is 0.208. The first-order valence-corrected chi connectivity index (χ1v) is 12.0. The maximum absolute atomic E-state index is 12.6. The van der Waals surface area contributed by atoms with Crippen molar-refractivity contribution in [3.8, 4) is 5.75 Å². The van der Waals surface area contributed by atoms with Crippen molar-refractivity contribution in [3.05, 3.63) is 95.0 Å². The van der Waals surface area contributed by atoms with E-state index in [4.69, 9.17) is 16.3 Å². The maximum Gasteiger partial charge on any atom is 0.258 e. The predicted octanol–water partition coefficient (Wildman–Crippen LogP) is 4.64. The number of rotatable bonds is 9. The number of amides is 1. The predicted molar refractivity (Wildman–Crippen MR) is 125 cm³/mol. The summed E-state index contributed by atoms with van der Waals surface area (Å²) in [6.45, 7) is 3.46. The SMILES string of the molecule is C[C@H](NC(=O)COc1ccc(S(=O)(=O)N[C@H](C)c2ccccc2)cc1)c1ccc(Cl)cc1. The molecule has 0 bridgehead atoms. The van der Waals surface area contributed by atoms with Crippen LogP contribution in [-0.4, -0.2) is 20.9 Å². The van der Waals surface area contributed by atoms with Crippen molar-refractivity contribution in [1.29, 1.82) is 0 Å². The number of benzene rings is 3. The van der Waals surface area contributed by atoms with Crippen LogP contribution in [0.3, 0.4) is 0 Å². The summed E-state index contributed by atoms with van der Waals surface area (Å²) < 4.78 is 33.4. The van der Waals surface area contributed by atoms with Crippen LogP contribution >= 0.6 is 11.6 Å². The summed E-state index contributed by atoms with van der Waals surface area (Å²) in [5.41, 5.74) is 1.80. The van der Waals surface area contributed by atoms with Crippen LogP contribution in [-0.2, 0) is 14.8 Å². The Bertz CT molecular complexity index is 1130. The molecule has 0 spiro atoms. The number of carbonyl (C=O) groups excluding carboxylic acids is 1. The third kappa shape index (κ3) is 6.56. The van der Waals surface area contributed by atoms with Crippen LogP contribution in [0, 0.1) is 0 Å². The Labute approximate surface area is 193 Å². The molecule has 0 heterocycles. The lowest BCUT2D eigenvalue weighted by atomic mass is 10.1. The summed E-state index contributed by atoms with van der Waals surface area (Å²) in [5, 5.41) is 3.48. The zero-order valence-corrected chi connectivity index (χ0v) is 19.4. The number of ether oxygens (including phenoxy) is 1. The number of halogens is 1. The molecule has 0 fully saturated rings. The van der Waals surface area contributed by atoms with Crippen LogP contribution in [0.25, 0.3) is 0 Å². The van der Waals surface area contributed by atoms with Crippen LogP contribution in [0.2, 0.25) is 5.02 Å². The second-order valence-electron chi connectivity index (χ2n) is 7.35. The number of hydrogen-bond acceptors (Lipinski definition) is 4. The van der Waals surface area contributed by atoms with E-state index in [0.29, 0.717) is 10.8 Å². The molecular weight excluding hydrogens is 448 g/mol. The third-order valence-corrected chi connectivity index (χ3v) is 6.69. The summed E-state index contributed by atoms with van der Waals surface area (Å²) in [6, 6.07) is 21.9. The lowest BCUT2D eigenvalue weighted by Crippen LogP contribution is -2.31. The number of hydrogen-bond donors (Lipinski definition) is 2. The summed E-state index contributed by atoms with van der Waals surface area (Å²) in [5.74, 6) is 0.108. The van der Waals surface area contributed by atoms with Gasteiger partial charge >= 0.3 is 0 Å². The van der Waals surface area contributed by atoms with Gasteiger partial charge in [-0.15, -0.1) is 0 Å². The van der Waals surface area contributed by atoms with Gasteiger partial charge in [0.25, 0.3) is 5.91 Å². The van der Waals surface area contributed by atoms with E-state index in [1.165, 1.54) is 24.3 Å². The normalized spacial score (nSPS) is 13.2. The second kappa shape index (κ2) is 10.6. The lowest BCUT2D eigenvalue weighted by molar-refractivity contribution is -0.123. The van der Waals surface area contributed by atoms with Gasteiger partial charge in [-0.2, -0.15) is 0 Å². The first-order chi connectivity index (χ1) is 15.2. The van der Waals surface area contributed by atoms with E-state index in [9.17, 15) is 13.2 Å². The topological polar surface area (TPSA) is 84.5 Å². The summed E-state index contributed by atoms with van der Waals surface area (Å²) in [6.07, 6.45) is 0. The number of nitrogens with one attached hydrogen (secondary N) is 2. The standard InChI is InChI=1S/C24H25ClN2O4S/c1-17(20-8-10-21(25)11-9-20)26-24(28)16-31-22-12-14-23(15-13-22)32(29,30)27-18(2)19-6-4-3-5-7-19/h3-15,17-18,27H,16H2,1-2H3,(H,26,28)/t17-,18+/m0/s1. The van der Waals surface area contributed by atoms with Crippen molar-refractivity contribution in [2.45, 2.75) is 30.8 Å². The number of carbonyl (C=O) groups is 1. The van der Waals surface area contributed by atoms with E-state index in [1.807, 2.05) is 49.4 Å². The molecule has 0 saturated carbocycles. The Morgan fingerprint density at radius 3 is 2.09 bits per heavy atom. The summed E-state index contributed by atoms with van der Waals surface area (Å²) in [4.78, 5) is 12.3. The van der Waals surface area contributed by atoms with Gasteiger partial charge in [0, 0.05) is 11.1 Å². The molecule has 0 unspecified atom stereocenters. The van der Waals surface area contributed by atoms with Gasteiger partial charge in [0.1, 0.15) is 5.75 Å². The van der Waals surface area contributed by atoms with E-state index < -0.39 is 10.0 Å². The van der Waals surface area contributed by atoms with Crippen molar-refractivity contribution in [1.82, 2.24) is 10.0 Å². The van der Waals surface area contributed by atoms with Crippen LogP contribution in [0.4, 0.5) is 0 Å². The van der Waals surface area contributed by atoms with E-state index in [0.717, 1.165) is 11.1 Å². The smallest absolute Gasteiger partial charge is 0.258 e. The Balaban J connectivity index is 1.53. The monoisotopic (exact) mass is 472 g/mol. The molecule has 0 saturated heterocycles. The van der Waals surface area contributed by atoms with E-state index >= 15 is 0 Å². The zero-order valence-electron chi connectivity index (χ0n) is 17.8. The molecule has 3 aromatic carbocycles. The van der Waals surface area contributed by atoms with Gasteiger partial charge in [0.2, 0.25) is 10.0 Å². The minimum atomic E-state index is -3.70. The summed E-state index contributed by atoms with van der Waals surface area (Å²) >= 11 is 5.88. The van der Waals surface area contributed by atoms with Crippen LogP contribution < -0.4 is 14.8 Å². The molecule has 0 aliphatic heterocycles. The Hall–Kier alpha value is -2.87. The molecule has 0 aromatic heterocycles. The molecule has 0 radical (unpaired) electrons. The molecule has 3 rings (SSSR count). The number of sulfonamides is 1. The lowest BCUT2D eigenvalue weighted by Gasteiger charge is -2.16. The molecule has 0 aliphatic carbocycles. The van der Waals surface area contributed by atoms with Gasteiger partial charge < -0.3 is 10.1 Å². The van der Waals surface area contributed by atoms with Crippen molar-refractivity contribution >= 4 is 27.5 Å². The average Bonchev–Trinajstić information content (AvgIpc) is 2.78.